The number of carbonyl (C=O) groups is 1. The molecule has 0 aliphatic heterocycles. The monoisotopic (exact) mass is 225 g/mol. The number of carbonyl (C=O) groups excluding carboxylic acids is 1. The smallest absolute Gasteiger partial charge is 0.258 e. The molecule has 0 aliphatic rings. The van der Waals surface area contributed by atoms with Gasteiger partial charge in [0.15, 0.2) is 0 Å². The van der Waals surface area contributed by atoms with E-state index in [1.165, 1.54) is 30.9 Å². The largest absolute Gasteiger partial charge is 0.381 e. The number of rotatable bonds is 3. The Morgan fingerprint density at radius 1 is 1.44 bits per heavy atom. The van der Waals surface area contributed by atoms with Crippen LogP contribution in [0.25, 0.3) is 0 Å². The number of hydrogen-bond donors (Lipinski definition) is 1. The van der Waals surface area contributed by atoms with Crippen LogP contribution in [0, 0.1) is 5.82 Å². The number of anilines is 1. The number of hydrogen-bond acceptors (Lipinski definition) is 2. The maximum Gasteiger partial charge on any atom is 0.258 e. The first-order valence-electron chi connectivity index (χ1n) is 5.16. The molecule has 1 aromatic carbocycles. The molecule has 0 fully saturated rings. The predicted octanol–water partition coefficient (Wildman–Crippen LogP) is 1.95. The van der Waals surface area contributed by atoms with Crippen LogP contribution in [0.4, 0.5) is 10.1 Å². The summed E-state index contributed by atoms with van der Waals surface area (Å²) in [5.41, 5.74) is -1.31. The van der Waals surface area contributed by atoms with Crippen LogP contribution in [0.1, 0.15) is 20.8 Å². The van der Waals surface area contributed by atoms with E-state index < -0.39 is 17.3 Å². The van der Waals surface area contributed by atoms with Crippen molar-refractivity contribution in [3.8, 4) is 0 Å². The second-order valence-corrected chi connectivity index (χ2v) is 4.06. The van der Waals surface area contributed by atoms with Gasteiger partial charge < -0.3 is 10.0 Å². The summed E-state index contributed by atoms with van der Waals surface area (Å²) in [6, 6.07) is 6.01. The summed E-state index contributed by atoms with van der Waals surface area (Å²) in [6.45, 7) is 4.82. The van der Waals surface area contributed by atoms with Gasteiger partial charge in [-0.05, 0) is 32.9 Å². The average molecular weight is 225 g/mol. The predicted molar refractivity (Wildman–Crippen MR) is 60.7 cm³/mol. The van der Waals surface area contributed by atoms with Crippen molar-refractivity contribution in [2.24, 2.45) is 0 Å². The van der Waals surface area contributed by atoms with Gasteiger partial charge in [-0.1, -0.05) is 12.1 Å². The average Bonchev–Trinajstić information content (AvgIpc) is 2.20. The van der Waals surface area contributed by atoms with Gasteiger partial charge >= 0.3 is 0 Å². The highest BCUT2D eigenvalue weighted by atomic mass is 19.1. The summed E-state index contributed by atoms with van der Waals surface area (Å²) < 4.78 is 13.5. The standard InChI is InChI=1S/C12H16FNO2/c1-4-14(11(15)12(2,3)16)10-8-6-5-7-9(10)13/h5-8,16H,4H2,1-3H3. The van der Waals surface area contributed by atoms with Gasteiger partial charge in [0, 0.05) is 6.54 Å². The minimum atomic E-state index is -1.50. The normalized spacial score (nSPS) is 11.3. The zero-order chi connectivity index (χ0) is 12.3. The lowest BCUT2D eigenvalue weighted by Crippen LogP contribution is -2.45. The Hall–Kier alpha value is -1.42. The van der Waals surface area contributed by atoms with E-state index in [1.54, 1.807) is 19.1 Å². The number of halogens is 1. The number of benzene rings is 1. The maximum atomic E-state index is 13.5. The minimum Gasteiger partial charge on any atom is -0.381 e. The fourth-order valence-electron chi connectivity index (χ4n) is 1.42. The molecule has 1 N–H and O–H groups in total. The molecule has 1 amide bonds. The Balaban J connectivity index is 3.09. The summed E-state index contributed by atoms with van der Waals surface area (Å²) in [5.74, 6) is -0.984. The van der Waals surface area contributed by atoms with Crippen LogP contribution in [0.15, 0.2) is 24.3 Å². The lowest BCUT2D eigenvalue weighted by Gasteiger charge is -2.27. The van der Waals surface area contributed by atoms with Crippen molar-refractivity contribution in [3.63, 3.8) is 0 Å². The highest BCUT2D eigenvalue weighted by Gasteiger charge is 2.30. The Morgan fingerprint density at radius 2 is 2.00 bits per heavy atom. The van der Waals surface area contributed by atoms with E-state index in [0.717, 1.165) is 0 Å². The fraction of sp³-hybridized carbons (Fsp3) is 0.417. The summed E-state index contributed by atoms with van der Waals surface area (Å²) in [6.07, 6.45) is 0. The SMILES string of the molecule is CCN(C(=O)C(C)(C)O)c1ccccc1F. The zero-order valence-electron chi connectivity index (χ0n) is 9.70. The Morgan fingerprint density at radius 3 is 2.44 bits per heavy atom. The van der Waals surface area contributed by atoms with Gasteiger partial charge in [-0.3, -0.25) is 4.79 Å². The molecule has 0 saturated carbocycles. The van der Waals surface area contributed by atoms with Crippen molar-refractivity contribution >= 4 is 11.6 Å². The number of aliphatic hydroxyl groups is 1. The molecule has 88 valence electrons. The molecule has 1 aromatic rings. The molecule has 0 saturated heterocycles. The van der Waals surface area contributed by atoms with Gasteiger partial charge in [0.2, 0.25) is 0 Å². The van der Waals surface area contributed by atoms with Crippen LogP contribution in [0.3, 0.4) is 0 Å². The van der Waals surface area contributed by atoms with E-state index in [-0.39, 0.29) is 5.69 Å². The van der Waals surface area contributed by atoms with E-state index in [4.69, 9.17) is 0 Å². The van der Waals surface area contributed by atoms with Crippen LogP contribution in [-0.4, -0.2) is 23.2 Å². The minimum absolute atomic E-state index is 0.192. The molecule has 0 aromatic heterocycles. The zero-order valence-corrected chi connectivity index (χ0v) is 9.70. The summed E-state index contributed by atoms with van der Waals surface area (Å²) >= 11 is 0. The first-order chi connectivity index (χ1) is 7.38. The topological polar surface area (TPSA) is 40.5 Å². The van der Waals surface area contributed by atoms with Crippen LogP contribution >= 0.6 is 0 Å². The third kappa shape index (κ3) is 2.58. The van der Waals surface area contributed by atoms with Gasteiger partial charge in [-0.2, -0.15) is 0 Å². The molecule has 0 aliphatic carbocycles. The molecule has 0 bridgehead atoms. The van der Waals surface area contributed by atoms with E-state index in [9.17, 15) is 14.3 Å². The molecule has 1 rings (SSSR count). The van der Waals surface area contributed by atoms with E-state index >= 15 is 0 Å². The Kier molecular flexibility index (Phi) is 3.65. The van der Waals surface area contributed by atoms with Gasteiger partial charge in [0.1, 0.15) is 11.4 Å². The van der Waals surface area contributed by atoms with Gasteiger partial charge in [0.25, 0.3) is 5.91 Å². The molecule has 0 atom stereocenters. The second kappa shape index (κ2) is 4.61. The third-order valence-corrected chi connectivity index (χ3v) is 2.23. The molecular formula is C12H16FNO2. The summed E-state index contributed by atoms with van der Waals surface area (Å²) in [7, 11) is 0. The molecule has 0 radical (unpaired) electrons. The highest BCUT2D eigenvalue weighted by Crippen LogP contribution is 2.21. The van der Waals surface area contributed by atoms with Gasteiger partial charge in [0.05, 0.1) is 5.69 Å². The van der Waals surface area contributed by atoms with Crippen LogP contribution in [-0.2, 0) is 4.79 Å². The Bertz CT molecular complexity index is 385. The number of para-hydroxylation sites is 1. The molecule has 3 nitrogen and oxygen atoms in total. The molecule has 4 heteroatoms. The number of likely N-dealkylation sites (N-methyl/N-ethyl adjacent to an activating group) is 1. The lowest BCUT2D eigenvalue weighted by atomic mass is 10.1. The summed E-state index contributed by atoms with van der Waals surface area (Å²) in [5, 5.41) is 9.63. The van der Waals surface area contributed by atoms with Crippen molar-refractivity contribution in [3.05, 3.63) is 30.1 Å². The lowest BCUT2D eigenvalue weighted by molar-refractivity contribution is -0.133. The van der Waals surface area contributed by atoms with Gasteiger partial charge in [-0.25, -0.2) is 4.39 Å². The van der Waals surface area contributed by atoms with Crippen molar-refractivity contribution < 1.29 is 14.3 Å². The van der Waals surface area contributed by atoms with Crippen LogP contribution < -0.4 is 4.90 Å². The van der Waals surface area contributed by atoms with E-state index in [0.29, 0.717) is 6.54 Å². The van der Waals surface area contributed by atoms with Crippen molar-refractivity contribution in [1.29, 1.82) is 0 Å². The number of amides is 1. The first-order valence-corrected chi connectivity index (χ1v) is 5.16. The second-order valence-electron chi connectivity index (χ2n) is 4.06. The van der Waals surface area contributed by atoms with Gasteiger partial charge in [-0.15, -0.1) is 0 Å². The molecule has 0 heterocycles. The van der Waals surface area contributed by atoms with Crippen molar-refractivity contribution in [2.75, 3.05) is 11.4 Å². The fourth-order valence-corrected chi connectivity index (χ4v) is 1.42. The van der Waals surface area contributed by atoms with Crippen LogP contribution in [0.5, 0.6) is 0 Å². The number of nitrogens with zero attached hydrogens (tertiary/aromatic N) is 1. The molecule has 0 unspecified atom stereocenters. The first kappa shape index (κ1) is 12.6. The molecular weight excluding hydrogens is 209 g/mol. The molecule has 0 spiro atoms. The van der Waals surface area contributed by atoms with E-state index in [1.807, 2.05) is 0 Å². The maximum absolute atomic E-state index is 13.5. The van der Waals surface area contributed by atoms with E-state index in [2.05, 4.69) is 0 Å². The van der Waals surface area contributed by atoms with Crippen molar-refractivity contribution in [2.45, 2.75) is 26.4 Å². The quantitative estimate of drug-likeness (QED) is 0.854. The highest BCUT2D eigenvalue weighted by molar-refractivity contribution is 5.98. The summed E-state index contributed by atoms with van der Waals surface area (Å²) in [4.78, 5) is 13.1. The molecule has 16 heavy (non-hydrogen) atoms. The van der Waals surface area contributed by atoms with Crippen LogP contribution in [0.2, 0.25) is 0 Å². The third-order valence-electron chi connectivity index (χ3n) is 2.23. The Labute approximate surface area is 94.5 Å². The van der Waals surface area contributed by atoms with Crippen molar-refractivity contribution in [1.82, 2.24) is 0 Å².